The van der Waals surface area contributed by atoms with Crippen LogP contribution in [0.1, 0.15) is 26.2 Å². The number of nitrogens with zero attached hydrogens (tertiary/aromatic N) is 2. The van der Waals surface area contributed by atoms with E-state index in [1.807, 2.05) is 5.38 Å². The summed E-state index contributed by atoms with van der Waals surface area (Å²) in [5.41, 5.74) is -0.0763. The lowest BCUT2D eigenvalue weighted by Crippen LogP contribution is -2.28. The molecule has 102 valence electrons. The van der Waals surface area contributed by atoms with Crippen LogP contribution in [-0.2, 0) is 11.3 Å². The summed E-state index contributed by atoms with van der Waals surface area (Å²) >= 11 is 1.44. The van der Waals surface area contributed by atoms with Gasteiger partial charge in [0.2, 0.25) is 5.91 Å². The number of aromatic nitrogens is 2. The molecule has 2 aromatic rings. The minimum Gasteiger partial charge on any atom is -0.356 e. The molecule has 0 saturated carbocycles. The Kier molecular flexibility index (Phi) is 4.68. The van der Waals surface area contributed by atoms with Gasteiger partial charge in [0.1, 0.15) is 4.83 Å². The summed E-state index contributed by atoms with van der Waals surface area (Å²) in [6, 6.07) is 1.77. The van der Waals surface area contributed by atoms with Gasteiger partial charge in [-0.25, -0.2) is 4.98 Å². The van der Waals surface area contributed by atoms with Crippen molar-refractivity contribution in [2.45, 2.75) is 32.7 Å². The Labute approximate surface area is 115 Å². The molecule has 1 N–H and O–H groups in total. The molecular formula is C13H17N3O2S. The normalized spacial score (nSPS) is 10.8. The minimum absolute atomic E-state index is 0.0224. The van der Waals surface area contributed by atoms with Crippen LogP contribution < -0.4 is 10.9 Å². The molecule has 0 radical (unpaired) electrons. The maximum absolute atomic E-state index is 12.1. The van der Waals surface area contributed by atoms with Gasteiger partial charge in [-0.2, -0.15) is 0 Å². The summed E-state index contributed by atoms with van der Waals surface area (Å²) in [6.07, 6.45) is 3.86. The Morgan fingerprint density at radius 1 is 1.53 bits per heavy atom. The second kappa shape index (κ2) is 6.47. The molecule has 0 unspecified atom stereocenters. The molecule has 0 bridgehead atoms. The molecule has 2 heterocycles. The Hall–Kier alpha value is -1.69. The molecule has 2 aromatic heterocycles. The fraction of sp³-hybridized carbons (Fsp3) is 0.462. The summed E-state index contributed by atoms with van der Waals surface area (Å²) in [5.74, 6) is -0.0224. The summed E-state index contributed by atoms with van der Waals surface area (Å²) in [7, 11) is 0. The zero-order valence-electron chi connectivity index (χ0n) is 10.9. The number of aryl methyl sites for hydroxylation is 1. The van der Waals surface area contributed by atoms with E-state index in [0.717, 1.165) is 17.7 Å². The summed E-state index contributed by atoms with van der Waals surface area (Å²) < 4.78 is 1.49. The maximum Gasteiger partial charge on any atom is 0.262 e. The van der Waals surface area contributed by atoms with Gasteiger partial charge in [0, 0.05) is 19.5 Å². The van der Waals surface area contributed by atoms with Gasteiger partial charge in [-0.05, 0) is 17.9 Å². The van der Waals surface area contributed by atoms with Crippen molar-refractivity contribution in [1.82, 2.24) is 14.9 Å². The highest BCUT2D eigenvalue weighted by Crippen LogP contribution is 2.13. The molecule has 0 aromatic carbocycles. The molecule has 2 rings (SSSR count). The van der Waals surface area contributed by atoms with Gasteiger partial charge in [-0.1, -0.05) is 13.3 Å². The molecule has 0 aliphatic carbocycles. The summed E-state index contributed by atoms with van der Waals surface area (Å²) in [5, 5.41) is 5.30. The molecule has 1 amide bonds. The molecule has 0 fully saturated rings. The number of thiophene rings is 1. The van der Waals surface area contributed by atoms with E-state index in [2.05, 4.69) is 17.2 Å². The molecule has 0 aliphatic rings. The van der Waals surface area contributed by atoms with Crippen LogP contribution in [0.5, 0.6) is 0 Å². The first-order chi connectivity index (χ1) is 9.22. The second-order valence-corrected chi connectivity index (χ2v) is 5.23. The first kappa shape index (κ1) is 13.7. The molecule has 0 saturated heterocycles. The largest absolute Gasteiger partial charge is 0.356 e. The third-order valence-electron chi connectivity index (χ3n) is 2.88. The highest BCUT2D eigenvalue weighted by Gasteiger charge is 2.06. The van der Waals surface area contributed by atoms with Gasteiger partial charge in [0.25, 0.3) is 5.56 Å². The van der Waals surface area contributed by atoms with Crippen molar-refractivity contribution in [2.75, 3.05) is 6.54 Å². The maximum atomic E-state index is 12.1. The smallest absolute Gasteiger partial charge is 0.262 e. The third-order valence-corrected chi connectivity index (χ3v) is 3.70. The van der Waals surface area contributed by atoms with Crippen LogP contribution in [0.25, 0.3) is 10.2 Å². The summed E-state index contributed by atoms with van der Waals surface area (Å²) in [6.45, 7) is 3.15. The molecular weight excluding hydrogens is 262 g/mol. The van der Waals surface area contributed by atoms with Gasteiger partial charge >= 0.3 is 0 Å². The van der Waals surface area contributed by atoms with Crippen LogP contribution in [-0.4, -0.2) is 22.0 Å². The standard InChI is InChI=1S/C13H17N3O2S/c1-2-3-6-14-11(17)4-7-16-9-15-12-10(13(16)18)5-8-19-12/h5,8-9H,2-4,6-7H2,1H3,(H,14,17). The van der Waals surface area contributed by atoms with Gasteiger partial charge in [-0.3, -0.25) is 14.2 Å². The fourth-order valence-corrected chi connectivity index (χ4v) is 2.49. The number of hydrogen-bond acceptors (Lipinski definition) is 4. The Balaban J connectivity index is 1.96. The van der Waals surface area contributed by atoms with Crippen molar-refractivity contribution in [1.29, 1.82) is 0 Å². The molecule has 19 heavy (non-hydrogen) atoms. The van der Waals surface area contributed by atoms with Gasteiger partial charge in [0.15, 0.2) is 0 Å². The minimum atomic E-state index is -0.0763. The van der Waals surface area contributed by atoms with Crippen LogP contribution in [0.4, 0.5) is 0 Å². The van der Waals surface area contributed by atoms with Crippen molar-refractivity contribution in [3.63, 3.8) is 0 Å². The van der Waals surface area contributed by atoms with Crippen molar-refractivity contribution in [3.05, 3.63) is 28.1 Å². The Morgan fingerprint density at radius 2 is 2.37 bits per heavy atom. The van der Waals surface area contributed by atoms with Crippen molar-refractivity contribution >= 4 is 27.5 Å². The van der Waals surface area contributed by atoms with Gasteiger partial charge < -0.3 is 5.32 Å². The number of unbranched alkanes of at least 4 members (excludes halogenated alkanes) is 1. The average Bonchev–Trinajstić information content (AvgIpc) is 2.87. The predicted molar refractivity (Wildman–Crippen MR) is 76.4 cm³/mol. The highest BCUT2D eigenvalue weighted by molar-refractivity contribution is 7.16. The monoisotopic (exact) mass is 279 g/mol. The first-order valence-electron chi connectivity index (χ1n) is 6.41. The van der Waals surface area contributed by atoms with E-state index in [1.54, 1.807) is 6.07 Å². The van der Waals surface area contributed by atoms with Crippen LogP contribution in [0.3, 0.4) is 0 Å². The molecule has 0 aliphatic heterocycles. The summed E-state index contributed by atoms with van der Waals surface area (Å²) in [4.78, 5) is 28.6. The van der Waals surface area contributed by atoms with E-state index >= 15 is 0 Å². The number of rotatable bonds is 6. The zero-order valence-corrected chi connectivity index (χ0v) is 11.7. The SMILES string of the molecule is CCCCNC(=O)CCn1cnc2sccc2c1=O. The van der Waals surface area contributed by atoms with Crippen LogP contribution in [0.15, 0.2) is 22.6 Å². The van der Waals surface area contributed by atoms with E-state index in [9.17, 15) is 9.59 Å². The fourth-order valence-electron chi connectivity index (χ4n) is 1.77. The Bertz CT molecular complexity index is 618. The number of carbonyl (C=O) groups excluding carboxylic acids is 1. The highest BCUT2D eigenvalue weighted by atomic mass is 32.1. The van der Waals surface area contributed by atoms with Gasteiger partial charge in [0.05, 0.1) is 11.7 Å². The van der Waals surface area contributed by atoms with Crippen molar-refractivity contribution in [3.8, 4) is 0 Å². The van der Waals surface area contributed by atoms with Gasteiger partial charge in [-0.15, -0.1) is 11.3 Å². The number of nitrogens with one attached hydrogen (secondary N) is 1. The molecule has 6 heteroatoms. The second-order valence-electron chi connectivity index (χ2n) is 4.34. The third kappa shape index (κ3) is 3.41. The Morgan fingerprint density at radius 3 is 3.16 bits per heavy atom. The number of carbonyl (C=O) groups is 1. The van der Waals surface area contributed by atoms with Crippen LogP contribution in [0, 0.1) is 0 Å². The molecule has 0 atom stereocenters. The topological polar surface area (TPSA) is 64.0 Å². The van der Waals surface area contributed by atoms with E-state index < -0.39 is 0 Å². The van der Waals surface area contributed by atoms with Crippen molar-refractivity contribution in [2.24, 2.45) is 0 Å². The van der Waals surface area contributed by atoms with Crippen molar-refractivity contribution < 1.29 is 4.79 Å². The van der Waals surface area contributed by atoms with E-state index in [-0.39, 0.29) is 11.5 Å². The lowest BCUT2D eigenvalue weighted by Gasteiger charge is -2.06. The number of hydrogen-bond donors (Lipinski definition) is 1. The lowest BCUT2D eigenvalue weighted by molar-refractivity contribution is -0.121. The van der Waals surface area contributed by atoms with Crippen LogP contribution >= 0.6 is 11.3 Å². The zero-order chi connectivity index (χ0) is 13.7. The molecule has 5 nitrogen and oxygen atoms in total. The lowest BCUT2D eigenvalue weighted by atomic mass is 10.3. The van der Waals surface area contributed by atoms with E-state index in [0.29, 0.717) is 24.9 Å². The number of amides is 1. The average molecular weight is 279 g/mol. The quantitative estimate of drug-likeness (QED) is 0.820. The molecule has 0 spiro atoms. The first-order valence-corrected chi connectivity index (χ1v) is 7.29. The van der Waals surface area contributed by atoms with Crippen LogP contribution in [0.2, 0.25) is 0 Å². The van der Waals surface area contributed by atoms with E-state index in [1.165, 1.54) is 22.2 Å². The number of fused-ring (bicyclic) bond motifs is 1. The predicted octanol–water partition coefficient (Wildman–Crippen LogP) is 1.76. The van der Waals surface area contributed by atoms with E-state index in [4.69, 9.17) is 0 Å².